The number of halogens is 1. The van der Waals surface area contributed by atoms with E-state index in [4.69, 9.17) is 4.74 Å². The van der Waals surface area contributed by atoms with Crippen molar-refractivity contribution >= 4 is 23.3 Å². The highest BCUT2D eigenvalue weighted by Gasteiger charge is 2.18. The summed E-state index contributed by atoms with van der Waals surface area (Å²) in [5, 5.41) is 12.7. The lowest BCUT2D eigenvalue weighted by Gasteiger charge is -2.12. The number of amides is 3. The zero-order valence-corrected chi connectivity index (χ0v) is 18.3. The van der Waals surface area contributed by atoms with Gasteiger partial charge >= 0.3 is 6.03 Å². The van der Waals surface area contributed by atoms with Crippen LogP contribution in [0.25, 0.3) is 5.69 Å². The van der Waals surface area contributed by atoms with Gasteiger partial charge in [-0.05, 0) is 67.8 Å². The van der Waals surface area contributed by atoms with E-state index in [1.807, 2.05) is 6.92 Å². The number of benzene rings is 2. The molecule has 3 N–H and O–H groups in total. The first-order chi connectivity index (χ1) is 16.0. The van der Waals surface area contributed by atoms with Crippen molar-refractivity contribution < 1.29 is 18.7 Å². The number of nitrogens with one attached hydrogen (secondary N) is 3. The van der Waals surface area contributed by atoms with Crippen LogP contribution in [0.3, 0.4) is 0 Å². The van der Waals surface area contributed by atoms with Crippen molar-refractivity contribution in [3.8, 4) is 5.69 Å². The van der Waals surface area contributed by atoms with E-state index in [0.717, 1.165) is 25.1 Å². The minimum Gasteiger partial charge on any atom is -0.376 e. The van der Waals surface area contributed by atoms with E-state index in [1.54, 1.807) is 41.1 Å². The summed E-state index contributed by atoms with van der Waals surface area (Å²) in [6.07, 6.45) is 4.13. The lowest BCUT2D eigenvalue weighted by atomic mass is 10.1. The minimum atomic E-state index is -0.333. The third-order valence-corrected chi connectivity index (χ3v) is 5.43. The number of nitrogens with zero attached hydrogens (tertiary/aromatic N) is 2. The van der Waals surface area contributed by atoms with Crippen molar-refractivity contribution in [3.63, 3.8) is 0 Å². The number of carbonyl (C=O) groups excluding carboxylic acids is 2. The Morgan fingerprint density at radius 1 is 1.09 bits per heavy atom. The average molecular weight is 452 g/mol. The summed E-state index contributed by atoms with van der Waals surface area (Å²) in [5.74, 6) is -0.629. The first kappa shape index (κ1) is 22.5. The Morgan fingerprint density at radius 2 is 1.79 bits per heavy atom. The molecule has 172 valence electrons. The van der Waals surface area contributed by atoms with Gasteiger partial charge in [-0.3, -0.25) is 4.79 Å². The van der Waals surface area contributed by atoms with Gasteiger partial charge in [-0.15, -0.1) is 0 Å². The average Bonchev–Trinajstić information content (AvgIpc) is 3.49. The third kappa shape index (κ3) is 5.56. The Labute approximate surface area is 191 Å². The van der Waals surface area contributed by atoms with Crippen LogP contribution in [-0.4, -0.2) is 41.0 Å². The molecule has 3 aromatic rings. The molecule has 1 unspecified atom stereocenters. The first-order valence-corrected chi connectivity index (χ1v) is 10.9. The van der Waals surface area contributed by atoms with Crippen LogP contribution in [0.5, 0.6) is 0 Å². The van der Waals surface area contributed by atoms with Gasteiger partial charge in [-0.1, -0.05) is 6.92 Å². The van der Waals surface area contributed by atoms with Crippen LogP contribution in [-0.2, 0) is 11.2 Å². The second-order valence-corrected chi connectivity index (χ2v) is 7.75. The summed E-state index contributed by atoms with van der Waals surface area (Å²) < 4.78 is 20.4. The van der Waals surface area contributed by atoms with Gasteiger partial charge in [0.1, 0.15) is 5.82 Å². The molecule has 3 amide bonds. The number of ether oxygens (including phenoxy) is 1. The monoisotopic (exact) mass is 451 g/mol. The molecular formula is C24H26FN5O3. The Bertz CT molecular complexity index is 1110. The molecule has 1 atom stereocenters. The van der Waals surface area contributed by atoms with Crippen molar-refractivity contribution in [2.75, 3.05) is 23.8 Å². The maximum atomic E-state index is 13.2. The van der Waals surface area contributed by atoms with Gasteiger partial charge in [0.05, 0.1) is 29.2 Å². The maximum Gasteiger partial charge on any atom is 0.319 e. The highest BCUT2D eigenvalue weighted by Crippen LogP contribution is 2.19. The fourth-order valence-corrected chi connectivity index (χ4v) is 3.73. The summed E-state index contributed by atoms with van der Waals surface area (Å²) in [5.41, 5.74) is 3.04. The third-order valence-electron chi connectivity index (χ3n) is 5.43. The molecule has 9 heteroatoms. The van der Waals surface area contributed by atoms with Crippen LogP contribution in [0.15, 0.2) is 54.7 Å². The van der Waals surface area contributed by atoms with Crippen LogP contribution in [0.2, 0.25) is 0 Å². The van der Waals surface area contributed by atoms with E-state index in [9.17, 15) is 14.0 Å². The molecule has 1 aliphatic rings. The molecule has 2 aromatic carbocycles. The molecule has 8 nitrogen and oxygen atoms in total. The summed E-state index contributed by atoms with van der Waals surface area (Å²) >= 11 is 0. The van der Waals surface area contributed by atoms with E-state index >= 15 is 0 Å². The number of urea groups is 1. The fraction of sp³-hybridized carbons (Fsp3) is 0.292. The summed E-state index contributed by atoms with van der Waals surface area (Å²) in [7, 11) is 0. The molecular weight excluding hydrogens is 425 g/mol. The summed E-state index contributed by atoms with van der Waals surface area (Å²) in [6.45, 7) is 3.15. The second kappa shape index (κ2) is 10.3. The van der Waals surface area contributed by atoms with Crippen molar-refractivity contribution in [1.29, 1.82) is 0 Å². The fourth-order valence-electron chi connectivity index (χ4n) is 3.73. The van der Waals surface area contributed by atoms with Crippen molar-refractivity contribution in [2.24, 2.45) is 0 Å². The zero-order chi connectivity index (χ0) is 23.2. The van der Waals surface area contributed by atoms with Crippen LogP contribution in [0.4, 0.5) is 20.6 Å². The summed E-state index contributed by atoms with van der Waals surface area (Å²) in [6, 6.07) is 12.5. The highest BCUT2D eigenvalue weighted by molar-refractivity contribution is 6.05. The molecule has 0 radical (unpaired) electrons. The summed E-state index contributed by atoms with van der Waals surface area (Å²) in [4.78, 5) is 24.9. The maximum absolute atomic E-state index is 13.2. The van der Waals surface area contributed by atoms with Gasteiger partial charge in [-0.25, -0.2) is 13.9 Å². The number of carbonyl (C=O) groups is 2. The molecule has 1 aromatic heterocycles. The van der Waals surface area contributed by atoms with Gasteiger partial charge in [0.2, 0.25) is 0 Å². The highest BCUT2D eigenvalue weighted by atomic mass is 19.1. The molecule has 0 aliphatic carbocycles. The number of hydrogen-bond acceptors (Lipinski definition) is 4. The van der Waals surface area contributed by atoms with Crippen LogP contribution in [0.1, 0.15) is 35.8 Å². The minimum absolute atomic E-state index is 0.0776. The Kier molecular flexibility index (Phi) is 6.99. The van der Waals surface area contributed by atoms with Crippen molar-refractivity contribution in [1.82, 2.24) is 15.1 Å². The van der Waals surface area contributed by atoms with Gasteiger partial charge in [0.25, 0.3) is 5.91 Å². The van der Waals surface area contributed by atoms with E-state index in [1.165, 1.54) is 18.3 Å². The quantitative estimate of drug-likeness (QED) is 0.503. The second-order valence-electron chi connectivity index (χ2n) is 7.75. The van der Waals surface area contributed by atoms with Gasteiger partial charge < -0.3 is 20.7 Å². The molecule has 0 spiro atoms. The molecule has 2 heterocycles. The SMILES string of the molecule is CCc1c(C(=O)Nc2ccc(NC(=O)NCC3CCCO3)cc2)cnn1-c1ccc(F)cc1. The van der Waals surface area contributed by atoms with Gasteiger partial charge in [-0.2, -0.15) is 5.10 Å². The molecule has 33 heavy (non-hydrogen) atoms. The molecule has 1 saturated heterocycles. The van der Waals surface area contributed by atoms with Gasteiger partial charge in [0, 0.05) is 24.5 Å². The smallest absolute Gasteiger partial charge is 0.319 e. The molecule has 0 saturated carbocycles. The lowest BCUT2D eigenvalue weighted by molar-refractivity contribution is 0.102. The van der Waals surface area contributed by atoms with E-state index in [2.05, 4.69) is 21.0 Å². The van der Waals surface area contributed by atoms with Crippen LogP contribution < -0.4 is 16.0 Å². The predicted octanol–water partition coefficient (Wildman–Crippen LogP) is 4.13. The zero-order valence-electron chi connectivity index (χ0n) is 18.3. The van der Waals surface area contributed by atoms with E-state index in [0.29, 0.717) is 35.6 Å². The van der Waals surface area contributed by atoms with Crippen LogP contribution in [0, 0.1) is 5.82 Å². The normalized spacial score (nSPS) is 15.3. The van der Waals surface area contributed by atoms with Gasteiger partial charge in [0.15, 0.2) is 0 Å². The number of hydrogen-bond donors (Lipinski definition) is 3. The Balaban J connectivity index is 1.36. The van der Waals surface area contributed by atoms with E-state index in [-0.39, 0.29) is 23.9 Å². The molecule has 4 rings (SSSR count). The van der Waals surface area contributed by atoms with Crippen LogP contribution >= 0.6 is 0 Å². The predicted molar refractivity (Wildman–Crippen MR) is 123 cm³/mol. The van der Waals surface area contributed by atoms with Crippen molar-refractivity contribution in [3.05, 3.63) is 71.8 Å². The Hall–Kier alpha value is -3.72. The molecule has 1 fully saturated rings. The Morgan fingerprint density at radius 3 is 2.42 bits per heavy atom. The largest absolute Gasteiger partial charge is 0.376 e. The first-order valence-electron chi connectivity index (χ1n) is 10.9. The molecule has 0 bridgehead atoms. The number of rotatable bonds is 7. The number of anilines is 2. The molecule has 1 aliphatic heterocycles. The van der Waals surface area contributed by atoms with E-state index < -0.39 is 0 Å². The lowest BCUT2D eigenvalue weighted by Crippen LogP contribution is -2.35. The topological polar surface area (TPSA) is 97.3 Å². The van der Waals surface area contributed by atoms with Crippen molar-refractivity contribution in [2.45, 2.75) is 32.3 Å². The number of aromatic nitrogens is 2. The standard InChI is InChI=1S/C24H26FN5O3/c1-2-22-21(15-27-30(22)19-11-5-16(25)6-12-19)23(31)28-17-7-9-18(10-8-17)29-24(32)26-14-20-4-3-13-33-20/h5-12,15,20H,2-4,13-14H2,1H3,(H,28,31)(H2,26,29,32).